The van der Waals surface area contributed by atoms with E-state index in [1.165, 1.54) is 0 Å². The number of amides is 1. The fourth-order valence-corrected chi connectivity index (χ4v) is 3.01. The highest BCUT2D eigenvalue weighted by atomic mass is 35.5. The molecule has 0 atom stereocenters. The summed E-state index contributed by atoms with van der Waals surface area (Å²) in [6.07, 6.45) is 1.94. The molecule has 1 amide bonds. The van der Waals surface area contributed by atoms with E-state index in [0.717, 1.165) is 49.7 Å². The number of benzene rings is 1. The van der Waals surface area contributed by atoms with Crippen LogP contribution in [0, 0.1) is 0 Å². The molecule has 0 spiro atoms. The van der Waals surface area contributed by atoms with Gasteiger partial charge in [-0.1, -0.05) is 30.3 Å². The average molecular weight is 416 g/mol. The quantitative estimate of drug-likeness (QED) is 0.728. The Bertz CT molecular complexity index is 717. The van der Waals surface area contributed by atoms with E-state index in [1.54, 1.807) is 0 Å². The highest BCUT2D eigenvalue weighted by Crippen LogP contribution is 2.14. The molecular weight excluding hydrogens is 389 g/mol. The van der Waals surface area contributed by atoms with E-state index in [9.17, 15) is 4.79 Å². The van der Waals surface area contributed by atoms with Gasteiger partial charge in [-0.3, -0.25) is 9.69 Å². The number of anilines is 1. The molecule has 1 aliphatic heterocycles. The summed E-state index contributed by atoms with van der Waals surface area (Å²) < 4.78 is 5.14. The molecule has 9 heteroatoms. The molecule has 1 aromatic heterocycles. The molecule has 0 saturated carbocycles. The Morgan fingerprint density at radius 3 is 2.52 bits per heavy atom. The molecule has 1 saturated heterocycles. The van der Waals surface area contributed by atoms with Crippen LogP contribution in [-0.4, -0.2) is 52.0 Å². The number of nitrogens with two attached hydrogens (primary N) is 1. The molecular formula is C18H27Cl2N5O2. The number of aromatic nitrogens is 2. The monoisotopic (exact) mass is 415 g/mol. The Morgan fingerprint density at radius 2 is 1.89 bits per heavy atom. The summed E-state index contributed by atoms with van der Waals surface area (Å²) in [7, 11) is 0. The molecule has 0 unspecified atom stereocenters. The van der Waals surface area contributed by atoms with Crippen LogP contribution in [0.3, 0.4) is 0 Å². The smallest absolute Gasteiger partial charge is 0.226 e. The normalized spacial score (nSPS) is 14.3. The lowest BCUT2D eigenvalue weighted by Gasteiger charge is -2.34. The van der Waals surface area contributed by atoms with E-state index in [4.69, 9.17) is 10.3 Å². The molecule has 3 rings (SSSR count). The Kier molecular flexibility index (Phi) is 9.55. The van der Waals surface area contributed by atoms with Gasteiger partial charge in [0.2, 0.25) is 11.8 Å². The summed E-state index contributed by atoms with van der Waals surface area (Å²) in [6, 6.07) is 7.72. The third kappa shape index (κ3) is 6.37. The van der Waals surface area contributed by atoms with Gasteiger partial charge in [0.25, 0.3) is 0 Å². The van der Waals surface area contributed by atoms with Crippen LogP contribution in [0.4, 0.5) is 5.69 Å². The molecule has 1 aromatic carbocycles. The topological polar surface area (TPSA) is 88.5 Å². The number of hydrogen-bond acceptors (Lipinski definition) is 6. The first-order valence-electron chi connectivity index (χ1n) is 8.80. The Labute approximate surface area is 172 Å². The van der Waals surface area contributed by atoms with Gasteiger partial charge >= 0.3 is 0 Å². The zero-order valence-electron chi connectivity index (χ0n) is 15.5. The summed E-state index contributed by atoms with van der Waals surface area (Å²) in [5.74, 6) is 1.58. The van der Waals surface area contributed by atoms with Crippen LogP contribution in [0.5, 0.6) is 0 Å². The van der Waals surface area contributed by atoms with Crippen LogP contribution in [0.15, 0.2) is 28.8 Å². The van der Waals surface area contributed by atoms with Gasteiger partial charge in [0.15, 0.2) is 5.82 Å². The highest BCUT2D eigenvalue weighted by Gasteiger charge is 2.22. The molecule has 0 aliphatic carbocycles. The first kappa shape index (κ1) is 23.2. The Balaban J connectivity index is 0.00000182. The molecule has 7 nitrogen and oxygen atoms in total. The third-order valence-corrected chi connectivity index (χ3v) is 4.57. The molecule has 0 radical (unpaired) electrons. The summed E-state index contributed by atoms with van der Waals surface area (Å²) in [4.78, 5) is 20.9. The lowest BCUT2D eigenvalue weighted by molar-refractivity contribution is -0.133. The fourth-order valence-electron chi connectivity index (χ4n) is 3.01. The number of piperazine rings is 1. The summed E-state index contributed by atoms with van der Waals surface area (Å²) in [5, 5.41) is 3.99. The second-order valence-corrected chi connectivity index (χ2v) is 6.31. The minimum Gasteiger partial charge on any atom is -0.399 e. The maximum atomic E-state index is 12.4. The SMILES string of the molecule is CCc1nc(CN2CCN(C(=O)CCc3ccccc3N)CC2)no1.Cl.Cl. The molecule has 2 aromatic rings. The highest BCUT2D eigenvalue weighted by molar-refractivity contribution is 5.85. The van der Waals surface area contributed by atoms with Gasteiger partial charge in [-0.05, 0) is 18.1 Å². The Morgan fingerprint density at radius 1 is 1.19 bits per heavy atom. The number of halogens is 2. The van der Waals surface area contributed by atoms with E-state index in [2.05, 4.69) is 15.0 Å². The van der Waals surface area contributed by atoms with Crippen molar-refractivity contribution in [2.45, 2.75) is 32.7 Å². The number of carbonyl (C=O) groups is 1. The summed E-state index contributed by atoms with van der Waals surface area (Å²) in [6.45, 7) is 5.80. The second kappa shape index (κ2) is 11.1. The van der Waals surface area contributed by atoms with Gasteiger partial charge in [-0.25, -0.2) is 0 Å². The van der Waals surface area contributed by atoms with E-state index in [0.29, 0.717) is 25.3 Å². The standard InChI is InChI=1S/C18H25N5O2.2ClH/c1-2-17-20-16(21-25-17)13-22-9-11-23(12-10-22)18(24)8-7-14-5-3-4-6-15(14)19;;/h3-6H,2,7-13,19H2,1H3;2*1H. The molecule has 2 heterocycles. The van der Waals surface area contributed by atoms with Crippen LogP contribution in [0.2, 0.25) is 0 Å². The molecule has 2 N–H and O–H groups in total. The van der Waals surface area contributed by atoms with Gasteiger partial charge in [0.1, 0.15) is 0 Å². The zero-order valence-corrected chi connectivity index (χ0v) is 17.1. The van der Waals surface area contributed by atoms with Crippen molar-refractivity contribution in [2.75, 3.05) is 31.9 Å². The van der Waals surface area contributed by atoms with Crippen molar-refractivity contribution < 1.29 is 9.32 Å². The first-order valence-corrected chi connectivity index (χ1v) is 8.80. The van der Waals surface area contributed by atoms with E-state index in [1.807, 2.05) is 36.1 Å². The number of aryl methyl sites for hydroxylation is 2. The number of para-hydroxylation sites is 1. The Hall–Kier alpha value is -1.83. The predicted molar refractivity (Wildman–Crippen MR) is 109 cm³/mol. The predicted octanol–water partition coefficient (Wildman–Crippen LogP) is 2.33. The largest absolute Gasteiger partial charge is 0.399 e. The van der Waals surface area contributed by atoms with Crippen molar-refractivity contribution in [2.24, 2.45) is 0 Å². The fraction of sp³-hybridized carbons (Fsp3) is 0.500. The van der Waals surface area contributed by atoms with Crippen molar-refractivity contribution in [1.82, 2.24) is 19.9 Å². The minimum atomic E-state index is 0. The number of nitrogens with zero attached hydrogens (tertiary/aromatic N) is 4. The van der Waals surface area contributed by atoms with Crippen LogP contribution in [0.25, 0.3) is 0 Å². The number of carbonyl (C=O) groups excluding carboxylic acids is 1. The number of rotatable bonds is 6. The second-order valence-electron chi connectivity index (χ2n) is 6.31. The van der Waals surface area contributed by atoms with E-state index >= 15 is 0 Å². The van der Waals surface area contributed by atoms with Crippen molar-refractivity contribution >= 4 is 36.4 Å². The lowest BCUT2D eigenvalue weighted by Crippen LogP contribution is -2.48. The van der Waals surface area contributed by atoms with E-state index in [-0.39, 0.29) is 30.7 Å². The summed E-state index contributed by atoms with van der Waals surface area (Å²) in [5.41, 5.74) is 7.73. The van der Waals surface area contributed by atoms with Crippen molar-refractivity contribution in [3.05, 3.63) is 41.5 Å². The van der Waals surface area contributed by atoms with Crippen molar-refractivity contribution in [1.29, 1.82) is 0 Å². The number of nitrogen functional groups attached to an aromatic ring is 1. The van der Waals surface area contributed by atoms with Gasteiger partial charge < -0.3 is 15.2 Å². The lowest BCUT2D eigenvalue weighted by atomic mass is 10.1. The first-order chi connectivity index (χ1) is 12.2. The van der Waals surface area contributed by atoms with Crippen molar-refractivity contribution in [3.63, 3.8) is 0 Å². The van der Waals surface area contributed by atoms with Gasteiger partial charge in [-0.15, -0.1) is 24.8 Å². The summed E-state index contributed by atoms with van der Waals surface area (Å²) >= 11 is 0. The zero-order chi connectivity index (χ0) is 17.6. The average Bonchev–Trinajstić information content (AvgIpc) is 3.09. The molecule has 1 fully saturated rings. The van der Waals surface area contributed by atoms with Gasteiger partial charge in [0.05, 0.1) is 6.54 Å². The molecule has 27 heavy (non-hydrogen) atoms. The van der Waals surface area contributed by atoms with Gasteiger partial charge in [-0.2, -0.15) is 4.98 Å². The van der Waals surface area contributed by atoms with Crippen LogP contribution < -0.4 is 5.73 Å². The van der Waals surface area contributed by atoms with Crippen LogP contribution in [-0.2, 0) is 24.2 Å². The van der Waals surface area contributed by atoms with E-state index < -0.39 is 0 Å². The van der Waals surface area contributed by atoms with Gasteiger partial charge in [0, 0.05) is 44.7 Å². The van der Waals surface area contributed by atoms with Crippen LogP contribution in [0.1, 0.15) is 30.6 Å². The van der Waals surface area contributed by atoms with Crippen LogP contribution >= 0.6 is 24.8 Å². The minimum absolute atomic E-state index is 0. The van der Waals surface area contributed by atoms with Crippen molar-refractivity contribution in [3.8, 4) is 0 Å². The molecule has 1 aliphatic rings. The third-order valence-electron chi connectivity index (χ3n) is 4.57. The molecule has 0 bridgehead atoms. The maximum absolute atomic E-state index is 12.4. The maximum Gasteiger partial charge on any atom is 0.226 e. The number of hydrogen-bond donors (Lipinski definition) is 1. The molecule has 150 valence electrons.